The summed E-state index contributed by atoms with van der Waals surface area (Å²) < 4.78 is 1.73. The first-order chi connectivity index (χ1) is 13.8. The number of aliphatic hydroxyl groups excluding tert-OH is 1. The third kappa shape index (κ3) is 3.76. The largest absolute Gasteiger partial charge is 0.390 e. The molecule has 3 aromatic heterocycles. The molecule has 3 N–H and O–H groups in total. The predicted octanol–water partition coefficient (Wildman–Crippen LogP) is 2.65. The number of aryl methyl sites for hydroxylation is 1. The summed E-state index contributed by atoms with van der Waals surface area (Å²) in [5.41, 5.74) is 10.0. The van der Waals surface area contributed by atoms with Crippen LogP contribution in [0.2, 0.25) is 0 Å². The molecule has 7 nitrogen and oxygen atoms in total. The van der Waals surface area contributed by atoms with Gasteiger partial charge < -0.3 is 10.8 Å². The Morgan fingerprint density at radius 1 is 0.964 bits per heavy atom. The zero-order valence-corrected chi connectivity index (χ0v) is 15.5. The number of unbranched alkanes of at least 4 members (excludes halogenated alkanes) is 1. The monoisotopic (exact) mass is 374 g/mol. The average molecular weight is 374 g/mol. The molecule has 0 aliphatic carbocycles. The molecular weight excluding hydrogens is 352 g/mol. The van der Waals surface area contributed by atoms with Crippen LogP contribution in [0.4, 0.5) is 0 Å². The second-order valence-electron chi connectivity index (χ2n) is 6.62. The van der Waals surface area contributed by atoms with Gasteiger partial charge in [-0.3, -0.25) is 9.97 Å². The zero-order chi connectivity index (χ0) is 19.3. The summed E-state index contributed by atoms with van der Waals surface area (Å²) >= 11 is 0. The van der Waals surface area contributed by atoms with Gasteiger partial charge in [0.15, 0.2) is 5.82 Å². The van der Waals surface area contributed by atoms with Crippen molar-refractivity contribution in [3.05, 3.63) is 66.4 Å². The van der Waals surface area contributed by atoms with E-state index in [2.05, 4.69) is 33.3 Å². The molecular formula is C21H22N6O. The van der Waals surface area contributed by atoms with Crippen molar-refractivity contribution in [2.24, 2.45) is 5.73 Å². The first-order valence-electron chi connectivity index (χ1n) is 9.35. The molecule has 7 heteroatoms. The second kappa shape index (κ2) is 8.24. The average Bonchev–Trinajstić information content (AvgIpc) is 3.17. The van der Waals surface area contributed by atoms with Crippen LogP contribution in [0.25, 0.3) is 28.0 Å². The van der Waals surface area contributed by atoms with Crippen LogP contribution in [-0.2, 0) is 13.0 Å². The number of benzene rings is 1. The molecule has 4 aromatic rings. The molecule has 0 amide bonds. The van der Waals surface area contributed by atoms with E-state index in [1.54, 1.807) is 23.3 Å². The molecule has 1 aromatic carbocycles. The van der Waals surface area contributed by atoms with Crippen LogP contribution in [0.3, 0.4) is 0 Å². The van der Waals surface area contributed by atoms with Gasteiger partial charge in [-0.1, -0.05) is 18.2 Å². The molecule has 0 saturated carbocycles. The van der Waals surface area contributed by atoms with Crippen molar-refractivity contribution < 1.29 is 5.11 Å². The van der Waals surface area contributed by atoms with E-state index in [-0.39, 0.29) is 6.61 Å². The van der Waals surface area contributed by atoms with Gasteiger partial charge in [0.2, 0.25) is 0 Å². The Balaban J connectivity index is 1.71. The van der Waals surface area contributed by atoms with Crippen molar-refractivity contribution in [1.29, 1.82) is 0 Å². The highest BCUT2D eigenvalue weighted by atomic mass is 16.3. The van der Waals surface area contributed by atoms with Gasteiger partial charge in [-0.05, 0) is 44.0 Å². The van der Waals surface area contributed by atoms with Gasteiger partial charge in [-0.2, -0.15) is 5.10 Å². The number of hydrogen-bond donors (Lipinski definition) is 2. The minimum absolute atomic E-state index is 0.161. The number of aliphatic hydroxyl groups is 1. The fraction of sp³-hybridized carbons (Fsp3) is 0.238. The lowest BCUT2D eigenvalue weighted by Crippen LogP contribution is -2.03. The maximum atomic E-state index is 9.32. The van der Waals surface area contributed by atoms with E-state index in [0.29, 0.717) is 18.1 Å². The lowest BCUT2D eigenvalue weighted by molar-refractivity contribution is 0.276. The van der Waals surface area contributed by atoms with Crippen molar-refractivity contribution in [3.8, 4) is 17.1 Å². The van der Waals surface area contributed by atoms with Crippen LogP contribution < -0.4 is 5.73 Å². The maximum absolute atomic E-state index is 9.32. The number of pyridine rings is 1. The van der Waals surface area contributed by atoms with E-state index in [1.165, 1.54) is 0 Å². The smallest absolute Gasteiger partial charge is 0.172 e. The Labute approximate surface area is 162 Å². The standard InChI is InChI=1S/C21H22N6O/c22-9-2-1-4-17-5-3-6-19(25-17)15-7-8-16-11-24-27(20(16)10-15)21-13-23-12-18(14-28)26-21/h3,5-8,10-13,28H,1-2,4,9,14,22H2. The molecule has 0 aliphatic rings. The summed E-state index contributed by atoms with van der Waals surface area (Å²) in [7, 11) is 0. The predicted molar refractivity (Wildman–Crippen MR) is 108 cm³/mol. The molecule has 28 heavy (non-hydrogen) atoms. The Hall–Kier alpha value is -3.16. The Kier molecular flexibility index (Phi) is 5.36. The summed E-state index contributed by atoms with van der Waals surface area (Å²) in [6, 6.07) is 12.2. The summed E-state index contributed by atoms with van der Waals surface area (Å²) in [5.74, 6) is 0.571. The molecule has 0 spiro atoms. The van der Waals surface area contributed by atoms with Crippen LogP contribution in [0, 0.1) is 0 Å². The summed E-state index contributed by atoms with van der Waals surface area (Å²) in [6.45, 7) is 0.548. The van der Waals surface area contributed by atoms with E-state index in [4.69, 9.17) is 10.7 Å². The minimum atomic E-state index is -0.161. The summed E-state index contributed by atoms with van der Waals surface area (Å²) in [4.78, 5) is 13.3. The molecule has 142 valence electrons. The number of hydrogen-bond acceptors (Lipinski definition) is 6. The topological polar surface area (TPSA) is 103 Å². The third-order valence-electron chi connectivity index (χ3n) is 4.61. The summed E-state index contributed by atoms with van der Waals surface area (Å²) in [5, 5.41) is 14.8. The Bertz CT molecular complexity index is 1090. The van der Waals surface area contributed by atoms with E-state index >= 15 is 0 Å². The molecule has 4 rings (SSSR count). The molecule has 0 saturated heterocycles. The lowest BCUT2D eigenvalue weighted by atomic mass is 10.1. The van der Waals surface area contributed by atoms with Crippen molar-refractivity contribution in [3.63, 3.8) is 0 Å². The minimum Gasteiger partial charge on any atom is -0.390 e. The highest BCUT2D eigenvalue weighted by Gasteiger charge is 2.10. The molecule has 0 radical (unpaired) electrons. The summed E-state index contributed by atoms with van der Waals surface area (Å²) in [6.07, 6.45) is 7.94. The molecule has 0 unspecified atom stereocenters. The van der Waals surface area contributed by atoms with Crippen LogP contribution in [-0.4, -0.2) is 36.4 Å². The molecule has 0 aliphatic heterocycles. The van der Waals surface area contributed by atoms with E-state index in [1.807, 2.05) is 18.2 Å². The van der Waals surface area contributed by atoms with E-state index in [9.17, 15) is 5.11 Å². The van der Waals surface area contributed by atoms with Crippen LogP contribution in [0.15, 0.2) is 55.0 Å². The van der Waals surface area contributed by atoms with Crippen molar-refractivity contribution in [1.82, 2.24) is 24.7 Å². The quantitative estimate of drug-likeness (QED) is 0.482. The van der Waals surface area contributed by atoms with Crippen molar-refractivity contribution in [2.45, 2.75) is 25.9 Å². The number of aromatic nitrogens is 5. The van der Waals surface area contributed by atoms with Gasteiger partial charge in [-0.25, -0.2) is 9.67 Å². The van der Waals surface area contributed by atoms with E-state index < -0.39 is 0 Å². The Morgan fingerprint density at radius 3 is 2.75 bits per heavy atom. The number of fused-ring (bicyclic) bond motifs is 1. The molecule has 0 atom stereocenters. The first-order valence-corrected chi connectivity index (χ1v) is 9.35. The third-order valence-corrected chi connectivity index (χ3v) is 4.61. The van der Waals surface area contributed by atoms with Crippen molar-refractivity contribution >= 4 is 10.9 Å². The first kappa shape index (κ1) is 18.2. The van der Waals surface area contributed by atoms with Gasteiger partial charge in [0, 0.05) is 16.6 Å². The van der Waals surface area contributed by atoms with Gasteiger partial charge in [0.25, 0.3) is 0 Å². The van der Waals surface area contributed by atoms with Gasteiger partial charge in [0.05, 0.1) is 42.1 Å². The second-order valence-corrected chi connectivity index (χ2v) is 6.62. The van der Waals surface area contributed by atoms with Crippen LogP contribution >= 0.6 is 0 Å². The SMILES string of the molecule is NCCCCc1cccc(-c2ccc3cnn(-c4cncc(CO)n4)c3c2)n1. The van der Waals surface area contributed by atoms with Crippen LogP contribution in [0.1, 0.15) is 24.2 Å². The van der Waals surface area contributed by atoms with E-state index in [0.717, 1.165) is 47.1 Å². The maximum Gasteiger partial charge on any atom is 0.172 e. The fourth-order valence-corrected chi connectivity index (χ4v) is 3.16. The van der Waals surface area contributed by atoms with Gasteiger partial charge in [-0.15, -0.1) is 0 Å². The van der Waals surface area contributed by atoms with Crippen molar-refractivity contribution in [2.75, 3.05) is 6.54 Å². The molecule has 0 bridgehead atoms. The highest BCUT2D eigenvalue weighted by molar-refractivity contribution is 5.84. The van der Waals surface area contributed by atoms with Gasteiger partial charge >= 0.3 is 0 Å². The Morgan fingerprint density at radius 2 is 1.89 bits per heavy atom. The zero-order valence-electron chi connectivity index (χ0n) is 15.5. The fourth-order valence-electron chi connectivity index (χ4n) is 3.16. The number of nitrogens with two attached hydrogens (primary N) is 1. The van der Waals surface area contributed by atoms with Crippen LogP contribution in [0.5, 0.6) is 0 Å². The van der Waals surface area contributed by atoms with Gasteiger partial charge in [0.1, 0.15) is 0 Å². The number of nitrogens with zero attached hydrogens (tertiary/aromatic N) is 5. The normalized spacial score (nSPS) is 11.2. The highest BCUT2D eigenvalue weighted by Crippen LogP contribution is 2.25. The molecule has 0 fully saturated rings. The number of rotatable bonds is 7. The molecule has 3 heterocycles. The lowest BCUT2D eigenvalue weighted by Gasteiger charge is -2.07.